The number of hydrogen-bond acceptors (Lipinski definition) is 11. The Bertz CT molecular complexity index is 1420. The van der Waals surface area contributed by atoms with Crippen LogP contribution >= 0.6 is 7.82 Å². The molecule has 1 aliphatic carbocycles. The van der Waals surface area contributed by atoms with E-state index in [0.717, 1.165) is 89.9 Å². The number of esters is 1. The Hall–Kier alpha value is -2.74. The van der Waals surface area contributed by atoms with E-state index >= 15 is 0 Å². The van der Waals surface area contributed by atoms with Crippen LogP contribution in [0.25, 0.3) is 0 Å². The highest BCUT2D eigenvalue weighted by Crippen LogP contribution is 2.47. The maximum Gasteiger partial charge on any atom is 0.472 e. The van der Waals surface area contributed by atoms with Crippen molar-refractivity contribution in [3.63, 3.8) is 0 Å². The fourth-order valence-electron chi connectivity index (χ4n) is 6.70. The maximum atomic E-state index is 12.8. The second-order valence-corrected chi connectivity index (χ2v) is 17.6. The van der Waals surface area contributed by atoms with E-state index in [1.165, 1.54) is 32.1 Å². The predicted octanol–water partition coefficient (Wildman–Crippen LogP) is 10.3. The van der Waals surface area contributed by atoms with E-state index in [9.17, 15) is 39.8 Å². The van der Waals surface area contributed by atoms with Crippen molar-refractivity contribution >= 4 is 13.8 Å². The van der Waals surface area contributed by atoms with Crippen LogP contribution in [0, 0.1) is 0 Å². The van der Waals surface area contributed by atoms with Gasteiger partial charge in [0.25, 0.3) is 0 Å². The molecule has 0 aromatic carbocycles. The first-order chi connectivity index (χ1) is 31.0. The predicted molar refractivity (Wildman–Crippen MR) is 257 cm³/mol. The van der Waals surface area contributed by atoms with E-state index in [0.29, 0.717) is 19.4 Å². The van der Waals surface area contributed by atoms with Crippen molar-refractivity contribution in [2.75, 3.05) is 19.8 Å². The van der Waals surface area contributed by atoms with Gasteiger partial charge in [-0.25, -0.2) is 4.57 Å². The molecule has 366 valence electrons. The summed E-state index contributed by atoms with van der Waals surface area (Å²) in [6, 6.07) is 0. The van der Waals surface area contributed by atoms with E-state index in [1.807, 2.05) is 0 Å². The van der Waals surface area contributed by atoms with Crippen LogP contribution in [0.3, 0.4) is 0 Å². The molecule has 0 aromatic rings. The molecule has 1 fully saturated rings. The number of carbonyl (C=O) groups excluding carboxylic acids is 1. The summed E-state index contributed by atoms with van der Waals surface area (Å²) in [6.45, 7) is 3.87. The average Bonchev–Trinajstić information content (AvgIpc) is 3.28. The number of phosphoric ester groups is 1. The smallest absolute Gasteiger partial charge is 0.457 e. The van der Waals surface area contributed by atoms with E-state index in [2.05, 4.69) is 111 Å². The third kappa shape index (κ3) is 32.0. The number of unbranched alkanes of at least 4 members (excludes halogenated alkanes) is 11. The Balaban J connectivity index is 2.38. The molecule has 13 heteroatoms. The summed E-state index contributed by atoms with van der Waals surface area (Å²) in [5.74, 6) is -0.505. The molecule has 0 heterocycles. The molecular weight excluding hydrogens is 836 g/mol. The van der Waals surface area contributed by atoms with Crippen molar-refractivity contribution in [3.05, 3.63) is 97.2 Å². The van der Waals surface area contributed by atoms with Crippen LogP contribution in [0.5, 0.6) is 0 Å². The third-order valence-electron chi connectivity index (χ3n) is 10.5. The summed E-state index contributed by atoms with van der Waals surface area (Å²) in [4.78, 5) is 23.2. The van der Waals surface area contributed by atoms with Gasteiger partial charge in [-0.3, -0.25) is 13.8 Å². The van der Waals surface area contributed by atoms with Crippen LogP contribution < -0.4 is 0 Å². The van der Waals surface area contributed by atoms with Gasteiger partial charge >= 0.3 is 13.8 Å². The molecule has 0 radical (unpaired) electrons. The Morgan fingerprint density at radius 2 is 0.875 bits per heavy atom. The largest absolute Gasteiger partial charge is 0.472 e. The highest BCUT2D eigenvalue weighted by Gasteiger charge is 2.51. The van der Waals surface area contributed by atoms with Gasteiger partial charge in [-0.1, -0.05) is 162 Å². The number of carbonyl (C=O) groups is 1. The highest BCUT2D eigenvalue weighted by molar-refractivity contribution is 7.47. The second kappa shape index (κ2) is 40.5. The first-order valence-electron chi connectivity index (χ1n) is 24.1. The number of aliphatic hydroxyl groups excluding tert-OH is 5. The fraction of sp³-hybridized carbons (Fsp3) is 0.667. The lowest BCUT2D eigenvalue weighted by Crippen LogP contribution is -2.64. The summed E-state index contributed by atoms with van der Waals surface area (Å²) >= 11 is 0. The summed E-state index contributed by atoms with van der Waals surface area (Å²) in [5, 5.41) is 50.2. The zero-order chi connectivity index (χ0) is 46.9. The molecule has 0 aromatic heterocycles. The minimum absolute atomic E-state index is 0.122. The molecule has 1 aliphatic rings. The van der Waals surface area contributed by atoms with Gasteiger partial charge in [-0.05, 0) is 83.5 Å². The topological polar surface area (TPSA) is 192 Å². The Morgan fingerprint density at radius 3 is 1.33 bits per heavy atom. The summed E-state index contributed by atoms with van der Waals surface area (Å²) in [6.07, 6.45) is 43.5. The molecule has 0 amide bonds. The van der Waals surface area contributed by atoms with Crippen molar-refractivity contribution in [2.24, 2.45) is 0 Å². The number of aliphatic hydroxyl groups is 5. The monoisotopic (exact) mass is 921 g/mol. The molecule has 0 saturated heterocycles. The minimum atomic E-state index is -5.04. The molecule has 6 N–H and O–H groups in total. The van der Waals surface area contributed by atoms with Gasteiger partial charge < -0.3 is 39.9 Å². The summed E-state index contributed by atoms with van der Waals surface area (Å²) in [7, 11) is -5.04. The minimum Gasteiger partial charge on any atom is -0.457 e. The van der Waals surface area contributed by atoms with Gasteiger partial charge in [0.15, 0.2) is 0 Å². The standard InChI is InChI=1S/C51H85O12P/c1-3-5-7-9-11-13-15-17-19-20-21-22-23-24-25-26-27-28-30-32-34-36-38-40-45(52)62-44(42-60-41-39-37-35-33-31-29-18-16-14-12-10-8-6-4-2)43-61-64(58,59)63-51-49(56)47(54)46(53)48(55)50(51)57/h5-8,11-14,17-19,21-22,29,33,35,44,46-51,53-57H,3-4,9-10,15-16,20,23-28,30-32,34,36-43H2,1-2H3,(H,58,59)/b7-5-,8-6-,13-11-,14-12-,19-17-,22-21-,29-18-,35-33-. The fourth-order valence-corrected chi connectivity index (χ4v) is 7.68. The van der Waals surface area contributed by atoms with E-state index in [4.69, 9.17) is 18.5 Å². The quantitative estimate of drug-likeness (QED) is 0.0148. The molecular formula is C51H85O12P. The molecule has 12 nitrogen and oxygen atoms in total. The zero-order valence-corrected chi connectivity index (χ0v) is 39.9. The molecule has 1 rings (SSSR count). The van der Waals surface area contributed by atoms with Gasteiger partial charge in [0, 0.05) is 13.0 Å². The van der Waals surface area contributed by atoms with Crippen LogP contribution in [0.15, 0.2) is 97.2 Å². The summed E-state index contributed by atoms with van der Waals surface area (Å²) < 4.78 is 34.1. The molecule has 0 aliphatic heterocycles. The third-order valence-corrected chi connectivity index (χ3v) is 11.4. The Kier molecular flexibility index (Phi) is 37.5. The molecule has 0 bridgehead atoms. The van der Waals surface area contributed by atoms with Gasteiger partial charge in [0.05, 0.1) is 13.2 Å². The van der Waals surface area contributed by atoms with Crippen molar-refractivity contribution in [2.45, 2.75) is 198 Å². The van der Waals surface area contributed by atoms with Gasteiger partial charge in [-0.2, -0.15) is 0 Å². The second-order valence-electron chi connectivity index (χ2n) is 16.2. The lowest BCUT2D eigenvalue weighted by Gasteiger charge is -2.41. The SMILES string of the molecule is CC/C=C\C/C=C\C/C=C\C/C=C\CCCCCCCCCCCCC(=O)OC(COCCC/C=C\C/C=C\C/C=C\C/C=C\CC)COP(=O)(O)OC1C(O)C(O)C(O)C(O)C1O. The Labute approximate surface area is 385 Å². The van der Waals surface area contributed by atoms with Gasteiger partial charge in [0.2, 0.25) is 0 Å². The summed E-state index contributed by atoms with van der Waals surface area (Å²) in [5.41, 5.74) is 0. The van der Waals surface area contributed by atoms with Crippen molar-refractivity contribution in [1.29, 1.82) is 0 Å². The molecule has 6 atom stereocenters. The first-order valence-corrected chi connectivity index (χ1v) is 25.6. The number of allylic oxidation sites excluding steroid dienone is 16. The van der Waals surface area contributed by atoms with Crippen LogP contribution in [0.4, 0.5) is 0 Å². The number of hydrogen-bond donors (Lipinski definition) is 6. The van der Waals surface area contributed by atoms with Crippen LogP contribution in [-0.4, -0.2) is 98.9 Å². The van der Waals surface area contributed by atoms with Crippen LogP contribution in [0.2, 0.25) is 0 Å². The van der Waals surface area contributed by atoms with E-state index in [-0.39, 0.29) is 13.0 Å². The van der Waals surface area contributed by atoms with E-state index in [1.54, 1.807) is 0 Å². The average molecular weight is 921 g/mol. The molecule has 0 spiro atoms. The lowest BCUT2D eigenvalue weighted by molar-refractivity contribution is -0.220. The van der Waals surface area contributed by atoms with Crippen molar-refractivity contribution in [3.8, 4) is 0 Å². The van der Waals surface area contributed by atoms with E-state index < -0.39 is 63.1 Å². The lowest BCUT2D eigenvalue weighted by atomic mass is 9.85. The Morgan fingerprint density at radius 1 is 0.500 bits per heavy atom. The van der Waals surface area contributed by atoms with Crippen LogP contribution in [-0.2, 0) is 27.9 Å². The van der Waals surface area contributed by atoms with Crippen molar-refractivity contribution < 1.29 is 58.3 Å². The van der Waals surface area contributed by atoms with Crippen LogP contribution in [0.1, 0.15) is 155 Å². The van der Waals surface area contributed by atoms with Gasteiger partial charge in [-0.15, -0.1) is 0 Å². The molecule has 64 heavy (non-hydrogen) atoms. The zero-order valence-electron chi connectivity index (χ0n) is 39.0. The highest BCUT2D eigenvalue weighted by atomic mass is 31.2. The van der Waals surface area contributed by atoms with Gasteiger partial charge in [0.1, 0.15) is 42.7 Å². The number of rotatable bonds is 39. The number of phosphoric acid groups is 1. The maximum absolute atomic E-state index is 12.8. The van der Waals surface area contributed by atoms with Crippen molar-refractivity contribution in [1.82, 2.24) is 0 Å². The first kappa shape index (κ1) is 59.3. The molecule has 1 saturated carbocycles. The number of ether oxygens (including phenoxy) is 2. The normalized spacial score (nSPS) is 22.6. The molecule has 6 unspecified atom stereocenters.